The van der Waals surface area contributed by atoms with Crippen LogP contribution in [0.15, 0.2) is 53.1 Å². The standard InChI is InChI=1S/C17H15N3O3/c1-11-15(20-17(23-11)12-6-4-3-5-7-12)16(21)19-13-8-9-14(22-2)18-10-13/h3-10H,1-2H3,(H,19,21). The van der Waals surface area contributed by atoms with Crippen LogP contribution in [0.3, 0.4) is 0 Å². The molecule has 1 aromatic carbocycles. The molecule has 0 aliphatic carbocycles. The van der Waals surface area contributed by atoms with E-state index in [1.807, 2.05) is 30.3 Å². The van der Waals surface area contributed by atoms with Gasteiger partial charge < -0.3 is 14.5 Å². The van der Waals surface area contributed by atoms with Gasteiger partial charge in [0.1, 0.15) is 5.76 Å². The van der Waals surface area contributed by atoms with Crippen molar-refractivity contribution in [3.8, 4) is 17.3 Å². The summed E-state index contributed by atoms with van der Waals surface area (Å²) in [6.45, 7) is 1.71. The van der Waals surface area contributed by atoms with Gasteiger partial charge in [-0.1, -0.05) is 18.2 Å². The van der Waals surface area contributed by atoms with E-state index in [0.29, 0.717) is 23.2 Å². The number of aryl methyl sites for hydroxylation is 1. The molecule has 0 bridgehead atoms. The van der Waals surface area contributed by atoms with Gasteiger partial charge in [0, 0.05) is 11.6 Å². The van der Waals surface area contributed by atoms with Crippen molar-refractivity contribution in [2.45, 2.75) is 6.92 Å². The normalized spacial score (nSPS) is 10.3. The number of nitrogens with zero attached hydrogens (tertiary/aromatic N) is 2. The molecule has 1 amide bonds. The molecule has 0 radical (unpaired) electrons. The summed E-state index contributed by atoms with van der Waals surface area (Å²) in [5.41, 5.74) is 1.62. The van der Waals surface area contributed by atoms with Gasteiger partial charge in [-0.25, -0.2) is 9.97 Å². The van der Waals surface area contributed by atoms with E-state index in [2.05, 4.69) is 15.3 Å². The lowest BCUT2D eigenvalue weighted by molar-refractivity contribution is 0.102. The third-order valence-electron chi connectivity index (χ3n) is 3.24. The number of nitrogens with one attached hydrogen (secondary N) is 1. The first-order valence-corrected chi connectivity index (χ1v) is 7.01. The molecule has 2 aromatic heterocycles. The number of aromatic nitrogens is 2. The van der Waals surface area contributed by atoms with Crippen molar-refractivity contribution in [1.29, 1.82) is 0 Å². The molecule has 0 saturated heterocycles. The lowest BCUT2D eigenvalue weighted by atomic mass is 10.2. The molecule has 1 N–H and O–H groups in total. The number of anilines is 1. The van der Waals surface area contributed by atoms with Crippen molar-refractivity contribution in [1.82, 2.24) is 9.97 Å². The number of carbonyl (C=O) groups is 1. The number of hydrogen-bond donors (Lipinski definition) is 1. The van der Waals surface area contributed by atoms with E-state index < -0.39 is 0 Å². The Kier molecular flexibility index (Phi) is 4.05. The molecule has 0 atom stereocenters. The minimum atomic E-state index is -0.347. The van der Waals surface area contributed by atoms with Gasteiger partial charge in [-0.3, -0.25) is 4.79 Å². The Morgan fingerprint density at radius 3 is 2.61 bits per heavy atom. The zero-order valence-corrected chi connectivity index (χ0v) is 12.7. The van der Waals surface area contributed by atoms with Crippen molar-refractivity contribution in [2.24, 2.45) is 0 Å². The van der Waals surface area contributed by atoms with Gasteiger partial charge in [0.15, 0.2) is 5.69 Å². The molecule has 0 fully saturated rings. The van der Waals surface area contributed by atoms with Crippen LogP contribution >= 0.6 is 0 Å². The van der Waals surface area contributed by atoms with Crippen LogP contribution < -0.4 is 10.1 Å². The number of benzene rings is 1. The Labute approximate surface area is 133 Å². The van der Waals surface area contributed by atoms with E-state index in [1.165, 1.54) is 13.3 Å². The first kappa shape index (κ1) is 14.8. The number of amides is 1. The molecule has 23 heavy (non-hydrogen) atoms. The quantitative estimate of drug-likeness (QED) is 0.800. The SMILES string of the molecule is COc1ccc(NC(=O)c2nc(-c3ccccc3)oc2C)cn1. The highest BCUT2D eigenvalue weighted by molar-refractivity contribution is 6.03. The number of rotatable bonds is 4. The van der Waals surface area contributed by atoms with Crippen LogP contribution in [0, 0.1) is 6.92 Å². The molecule has 6 nitrogen and oxygen atoms in total. The number of methoxy groups -OCH3 is 1. The summed E-state index contributed by atoms with van der Waals surface area (Å²) in [6, 6.07) is 12.8. The molecule has 0 aliphatic heterocycles. The maximum atomic E-state index is 12.3. The average Bonchev–Trinajstić information content (AvgIpc) is 2.98. The van der Waals surface area contributed by atoms with E-state index in [9.17, 15) is 4.79 Å². The predicted molar refractivity (Wildman–Crippen MR) is 85.4 cm³/mol. The minimum absolute atomic E-state index is 0.250. The lowest BCUT2D eigenvalue weighted by Crippen LogP contribution is -2.13. The minimum Gasteiger partial charge on any atom is -0.481 e. The lowest BCUT2D eigenvalue weighted by Gasteiger charge is -2.03. The summed E-state index contributed by atoms with van der Waals surface area (Å²) in [4.78, 5) is 20.7. The van der Waals surface area contributed by atoms with E-state index in [-0.39, 0.29) is 11.6 Å². The van der Waals surface area contributed by atoms with Gasteiger partial charge in [-0.15, -0.1) is 0 Å². The topological polar surface area (TPSA) is 77.2 Å². The van der Waals surface area contributed by atoms with E-state index >= 15 is 0 Å². The summed E-state index contributed by atoms with van der Waals surface area (Å²) in [5, 5.41) is 2.74. The Balaban J connectivity index is 1.81. The van der Waals surface area contributed by atoms with Gasteiger partial charge in [0.2, 0.25) is 11.8 Å². The van der Waals surface area contributed by atoms with Gasteiger partial charge in [0.25, 0.3) is 5.91 Å². The summed E-state index contributed by atoms with van der Waals surface area (Å²) in [5.74, 6) is 1.01. The molecule has 0 aliphatic rings. The average molecular weight is 309 g/mol. The highest BCUT2D eigenvalue weighted by atomic mass is 16.5. The van der Waals surface area contributed by atoms with Crippen LogP contribution in [0.4, 0.5) is 5.69 Å². The maximum absolute atomic E-state index is 12.3. The second-order valence-electron chi connectivity index (χ2n) is 4.83. The fourth-order valence-corrected chi connectivity index (χ4v) is 2.08. The zero-order chi connectivity index (χ0) is 16.2. The molecule has 0 saturated carbocycles. The third kappa shape index (κ3) is 3.21. The van der Waals surface area contributed by atoms with Crippen LogP contribution in [0.2, 0.25) is 0 Å². The molecular formula is C17H15N3O3. The van der Waals surface area contributed by atoms with Crippen LogP contribution in [-0.2, 0) is 0 Å². The van der Waals surface area contributed by atoms with E-state index in [0.717, 1.165) is 5.56 Å². The van der Waals surface area contributed by atoms with Crippen LogP contribution in [0.25, 0.3) is 11.5 Å². The Bertz CT molecular complexity index is 811. The van der Waals surface area contributed by atoms with Crippen molar-refractivity contribution in [3.63, 3.8) is 0 Å². The van der Waals surface area contributed by atoms with Crippen molar-refractivity contribution >= 4 is 11.6 Å². The number of ether oxygens (including phenoxy) is 1. The van der Waals surface area contributed by atoms with Gasteiger partial charge >= 0.3 is 0 Å². The molecule has 3 rings (SSSR count). The summed E-state index contributed by atoms with van der Waals surface area (Å²) in [7, 11) is 1.53. The highest BCUT2D eigenvalue weighted by Gasteiger charge is 2.18. The van der Waals surface area contributed by atoms with Crippen LogP contribution in [0.1, 0.15) is 16.2 Å². The monoisotopic (exact) mass is 309 g/mol. The van der Waals surface area contributed by atoms with Gasteiger partial charge in [-0.05, 0) is 25.1 Å². The number of pyridine rings is 1. The Hall–Kier alpha value is -3.15. The highest BCUT2D eigenvalue weighted by Crippen LogP contribution is 2.22. The first-order valence-electron chi connectivity index (χ1n) is 7.01. The van der Waals surface area contributed by atoms with E-state index in [1.54, 1.807) is 19.1 Å². The maximum Gasteiger partial charge on any atom is 0.277 e. The van der Waals surface area contributed by atoms with Crippen LogP contribution in [-0.4, -0.2) is 23.0 Å². The third-order valence-corrected chi connectivity index (χ3v) is 3.24. The van der Waals surface area contributed by atoms with Crippen molar-refractivity contribution in [2.75, 3.05) is 12.4 Å². The Morgan fingerprint density at radius 2 is 1.96 bits per heavy atom. The number of hydrogen-bond acceptors (Lipinski definition) is 5. The van der Waals surface area contributed by atoms with Crippen LogP contribution in [0.5, 0.6) is 5.88 Å². The smallest absolute Gasteiger partial charge is 0.277 e. The van der Waals surface area contributed by atoms with Gasteiger partial charge in [0.05, 0.1) is 19.0 Å². The second-order valence-corrected chi connectivity index (χ2v) is 4.83. The number of oxazole rings is 1. The summed E-state index contributed by atoms with van der Waals surface area (Å²) in [6.07, 6.45) is 1.52. The molecule has 6 heteroatoms. The molecular weight excluding hydrogens is 294 g/mol. The largest absolute Gasteiger partial charge is 0.481 e. The van der Waals surface area contributed by atoms with Crippen molar-refractivity contribution in [3.05, 3.63) is 60.1 Å². The second kappa shape index (κ2) is 6.31. The molecule has 2 heterocycles. The molecule has 0 spiro atoms. The van der Waals surface area contributed by atoms with Crippen molar-refractivity contribution < 1.29 is 13.9 Å². The summed E-state index contributed by atoms with van der Waals surface area (Å²) >= 11 is 0. The fraction of sp³-hybridized carbons (Fsp3) is 0.118. The molecule has 116 valence electrons. The van der Waals surface area contributed by atoms with Gasteiger partial charge in [-0.2, -0.15) is 0 Å². The number of carbonyl (C=O) groups excluding carboxylic acids is 1. The predicted octanol–water partition coefficient (Wildman–Crippen LogP) is 3.31. The first-order chi connectivity index (χ1) is 11.2. The fourth-order valence-electron chi connectivity index (χ4n) is 2.08. The Morgan fingerprint density at radius 1 is 1.17 bits per heavy atom. The summed E-state index contributed by atoms with van der Waals surface area (Å²) < 4.78 is 10.6. The van der Waals surface area contributed by atoms with E-state index in [4.69, 9.17) is 9.15 Å². The molecule has 3 aromatic rings. The zero-order valence-electron chi connectivity index (χ0n) is 12.7. The molecule has 0 unspecified atom stereocenters.